The molecule has 0 unspecified atom stereocenters. The lowest BCUT2D eigenvalue weighted by molar-refractivity contribution is -0.120. The molecule has 0 fully saturated rings. The molecule has 1 amide bonds. The molecule has 0 saturated carbocycles. The minimum Gasteiger partial charge on any atom is -0.491 e. The topological polar surface area (TPSA) is 85.4 Å². The molecular weight excluding hydrogens is 303 g/mol. The smallest absolute Gasteiger partial charge is 0.245 e. The lowest BCUT2D eigenvalue weighted by Crippen LogP contribution is -2.30. The minimum atomic E-state index is -0.422. The van der Waals surface area contributed by atoms with Crippen molar-refractivity contribution < 1.29 is 18.7 Å². The van der Waals surface area contributed by atoms with E-state index in [9.17, 15) is 9.18 Å². The number of benzene rings is 1. The highest BCUT2D eigenvalue weighted by molar-refractivity contribution is 5.76. The predicted octanol–water partition coefficient (Wildman–Crippen LogP) is 1.93. The number of aromatic nitrogens is 2. The average molecular weight is 320 g/mol. The first-order chi connectivity index (χ1) is 11.2. The second kappa shape index (κ2) is 8.52. The Morgan fingerprint density at radius 1 is 1.30 bits per heavy atom. The van der Waals surface area contributed by atoms with E-state index >= 15 is 0 Å². The molecule has 23 heavy (non-hydrogen) atoms. The van der Waals surface area contributed by atoms with E-state index in [2.05, 4.69) is 20.8 Å². The van der Waals surface area contributed by atoms with Crippen LogP contribution in [-0.2, 0) is 4.79 Å². The fourth-order valence-corrected chi connectivity index (χ4v) is 1.68. The third kappa shape index (κ3) is 5.42. The Balaban J connectivity index is 1.66. The van der Waals surface area contributed by atoms with Gasteiger partial charge in [-0.15, -0.1) is 0 Å². The number of anilines is 1. The van der Waals surface area contributed by atoms with Crippen LogP contribution in [0.2, 0.25) is 0 Å². The van der Waals surface area contributed by atoms with Crippen LogP contribution in [0.15, 0.2) is 36.5 Å². The molecule has 0 aliphatic heterocycles. The Bertz CT molecular complexity index is 654. The van der Waals surface area contributed by atoms with E-state index in [0.29, 0.717) is 12.3 Å². The van der Waals surface area contributed by atoms with E-state index in [0.717, 1.165) is 0 Å². The lowest BCUT2D eigenvalue weighted by Gasteiger charge is -2.08. The monoisotopic (exact) mass is 320 g/mol. The van der Waals surface area contributed by atoms with Gasteiger partial charge in [0.25, 0.3) is 0 Å². The van der Waals surface area contributed by atoms with Crippen molar-refractivity contribution in [3.63, 3.8) is 0 Å². The molecule has 2 rings (SSSR count). The SMILES string of the molecule is COc1ccnc(NNC(=O)CCCOc2ccccc2F)n1. The zero-order valence-corrected chi connectivity index (χ0v) is 12.6. The van der Waals surface area contributed by atoms with Crippen LogP contribution >= 0.6 is 0 Å². The number of ether oxygens (including phenoxy) is 2. The number of hydrogen-bond acceptors (Lipinski definition) is 6. The number of halogens is 1. The molecule has 1 aromatic carbocycles. The number of carbonyl (C=O) groups excluding carboxylic acids is 1. The van der Waals surface area contributed by atoms with Gasteiger partial charge in [0.05, 0.1) is 13.7 Å². The van der Waals surface area contributed by atoms with Crippen LogP contribution in [-0.4, -0.2) is 29.6 Å². The average Bonchev–Trinajstić information content (AvgIpc) is 2.58. The normalized spacial score (nSPS) is 10.0. The number of carbonyl (C=O) groups is 1. The molecule has 2 aromatic rings. The van der Waals surface area contributed by atoms with Crippen LogP contribution in [0, 0.1) is 5.82 Å². The van der Waals surface area contributed by atoms with E-state index in [-0.39, 0.29) is 30.6 Å². The van der Waals surface area contributed by atoms with E-state index in [1.54, 1.807) is 18.2 Å². The maximum atomic E-state index is 13.3. The minimum absolute atomic E-state index is 0.177. The van der Waals surface area contributed by atoms with Gasteiger partial charge in [-0.2, -0.15) is 4.98 Å². The largest absolute Gasteiger partial charge is 0.491 e. The molecule has 2 N–H and O–H groups in total. The van der Waals surface area contributed by atoms with Crippen molar-refractivity contribution in [3.05, 3.63) is 42.3 Å². The van der Waals surface area contributed by atoms with Crippen LogP contribution in [0.1, 0.15) is 12.8 Å². The van der Waals surface area contributed by atoms with Crippen molar-refractivity contribution in [2.45, 2.75) is 12.8 Å². The van der Waals surface area contributed by atoms with Crippen LogP contribution in [0.25, 0.3) is 0 Å². The standard InChI is InChI=1S/C15H17FN4O3/c1-22-14-8-9-17-15(18-14)20-19-13(21)7-4-10-23-12-6-3-2-5-11(12)16/h2-3,5-6,8-9H,4,7,10H2,1H3,(H,19,21)(H,17,18,20). The molecule has 0 radical (unpaired) electrons. The highest BCUT2D eigenvalue weighted by atomic mass is 19.1. The van der Waals surface area contributed by atoms with E-state index in [4.69, 9.17) is 9.47 Å². The number of nitrogens with one attached hydrogen (secondary N) is 2. The summed E-state index contributed by atoms with van der Waals surface area (Å²) >= 11 is 0. The summed E-state index contributed by atoms with van der Waals surface area (Å²) < 4.78 is 23.5. The summed E-state index contributed by atoms with van der Waals surface area (Å²) in [4.78, 5) is 19.6. The zero-order valence-electron chi connectivity index (χ0n) is 12.6. The molecule has 7 nitrogen and oxygen atoms in total. The fraction of sp³-hybridized carbons (Fsp3) is 0.267. The molecule has 0 aliphatic rings. The molecule has 0 atom stereocenters. The second-order valence-electron chi connectivity index (χ2n) is 4.48. The van der Waals surface area contributed by atoms with Gasteiger partial charge >= 0.3 is 0 Å². The fourth-order valence-electron chi connectivity index (χ4n) is 1.68. The van der Waals surface area contributed by atoms with Gasteiger partial charge < -0.3 is 9.47 Å². The number of nitrogens with zero attached hydrogens (tertiary/aromatic N) is 2. The maximum absolute atomic E-state index is 13.3. The summed E-state index contributed by atoms with van der Waals surface area (Å²) in [5, 5.41) is 0. The van der Waals surface area contributed by atoms with Gasteiger partial charge in [0.15, 0.2) is 11.6 Å². The van der Waals surface area contributed by atoms with Gasteiger partial charge in [0.2, 0.25) is 17.7 Å². The van der Waals surface area contributed by atoms with Crippen LogP contribution in [0.5, 0.6) is 11.6 Å². The van der Waals surface area contributed by atoms with Crippen molar-refractivity contribution in [1.82, 2.24) is 15.4 Å². The molecule has 8 heteroatoms. The third-order valence-electron chi connectivity index (χ3n) is 2.80. The third-order valence-corrected chi connectivity index (χ3v) is 2.80. The van der Waals surface area contributed by atoms with Crippen LogP contribution < -0.4 is 20.3 Å². The Morgan fingerprint density at radius 2 is 2.13 bits per heavy atom. The van der Waals surface area contributed by atoms with Gasteiger partial charge in [-0.25, -0.2) is 9.37 Å². The summed E-state index contributed by atoms with van der Waals surface area (Å²) in [5.74, 6) is 0.105. The highest BCUT2D eigenvalue weighted by Crippen LogP contribution is 2.15. The lowest BCUT2D eigenvalue weighted by atomic mass is 10.3. The molecular formula is C15H17FN4O3. The van der Waals surface area contributed by atoms with Gasteiger partial charge in [0.1, 0.15) is 0 Å². The van der Waals surface area contributed by atoms with Crippen molar-refractivity contribution in [2.75, 3.05) is 19.1 Å². The first kappa shape index (κ1) is 16.5. The van der Waals surface area contributed by atoms with E-state index < -0.39 is 5.82 Å². The van der Waals surface area contributed by atoms with E-state index in [1.165, 1.54) is 25.4 Å². The molecule has 0 spiro atoms. The Hall–Kier alpha value is -2.90. The summed E-state index contributed by atoms with van der Waals surface area (Å²) in [7, 11) is 1.49. The number of rotatable bonds is 8. The molecule has 1 aromatic heterocycles. The van der Waals surface area contributed by atoms with Crippen LogP contribution in [0.4, 0.5) is 10.3 Å². The van der Waals surface area contributed by atoms with Crippen molar-refractivity contribution in [2.24, 2.45) is 0 Å². The Labute approximate surface area is 132 Å². The first-order valence-corrected chi connectivity index (χ1v) is 6.98. The van der Waals surface area contributed by atoms with Crippen molar-refractivity contribution in [3.8, 4) is 11.6 Å². The van der Waals surface area contributed by atoms with E-state index in [1.807, 2.05) is 0 Å². The number of para-hydroxylation sites is 1. The summed E-state index contributed by atoms with van der Waals surface area (Å²) in [5.41, 5.74) is 5.05. The summed E-state index contributed by atoms with van der Waals surface area (Å²) in [6, 6.07) is 7.72. The van der Waals surface area contributed by atoms with Gasteiger partial charge in [0, 0.05) is 18.7 Å². The summed E-state index contributed by atoms with van der Waals surface area (Å²) in [6.45, 7) is 0.240. The van der Waals surface area contributed by atoms with Crippen molar-refractivity contribution >= 4 is 11.9 Å². The molecule has 0 aliphatic carbocycles. The zero-order chi connectivity index (χ0) is 16.5. The number of amides is 1. The van der Waals surface area contributed by atoms with Crippen LogP contribution in [0.3, 0.4) is 0 Å². The quantitative estimate of drug-likeness (QED) is 0.571. The number of hydrazine groups is 1. The van der Waals surface area contributed by atoms with Gasteiger partial charge in [-0.3, -0.25) is 15.6 Å². The Morgan fingerprint density at radius 3 is 2.91 bits per heavy atom. The number of methoxy groups -OCH3 is 1. The molecule has 0 bridgehead atoms. The highest BCUT2D eigenvalue weighted by Gasteiger charge is 2.05. The number of hydrogen-bond donors (Lipinski definition) is 2. The Kier molecular flexibility index (Phi) is 6.10. The predicted molar refractivity (Wildman–Crippen MR) is 81.5 cm³/mol. The molecule has 1 heterocycles. The van der Waals surface area contributed by atoms with Crippen molar-refractivity contribution in [1.29, 1.82) is 0 Å². The van der Waals surface area contributed by atoms with Gasteiger partial charge in [-0.05, 0) is 18.6 Å². The summed E-state index contributed by atoms with van der Waals surface area (Å²) in [6.07, 6.45) is 2.16. The van der Waals surface area contributed by atoms with Gasteiger partial charge in [-0.1, -0.05) is 12.1 Å². The molecule has 0 saturated heterocycles. The molecule has 122 valence electrons. The second-order valence-corrected chi connectivity index (χ2v) is 4.48. The first-order valence-electron chi connectivity index (χ1n) is 6.98. The maximum Gasteiger partial charge on any atom is 0.245 e.